The Bertz CT molecular complexity index is 618. The summed E-state index contributed by atoms with van der Waals surface area (Å²) < 4.78 is 0. The van der Waals surface area contributed by atoms with E-state index in [4.69, 9.17) is 0 Å². The Labute approximate surface area is 146 Å². The van der Waals surface area contributed by atoms with Gasteiger partial charge in [0.05, 0.1) is 0 Å². The number of fused-ring (bicyclic) bond motifs is 3. The van der Waals surface area contributed by atoms with E-state index in [9.17, 15) is 4.79 Å². The molecule has 4 heterocycles. The van der Waals surface area contributed by atoms with Crippen LogP contribution in [0.25, 0.3) is 0 Å². The molecular weight excluding hydrogens is 296 g/mol. The minimum absolute atomic E-state index is 0.314. The van der Waals surface area contributed by atoms with E-state index in [1.165, 1.54) is 49.9 Å². The molecule has 1 unspecified atom stereocenters. The molecule has 0 N–H and O–H groups in total. The van der Waals surface area contributed by atoms with Gasteiger partial charge in [-0.05, 0) is 68.3 Å². The smallest absolute Gasteiger partial charge is 0.254 e. The summed E-state index contributed by atoms with van der Waals surface area (Å²) in [6.07, 6.45) is 6.27. The number of carbonyl (C=O) groups is 1. The second kappa shape index (κ2) is 6.51. The fraction of sp³-hybridized carbons (Fsp3) is 0.667. The van der Waals surface area contributed by atoms with Gasteiger partial charge in [0.15, 0.2) is 0 Å². The molecule has 6 rings (SSSR count). The number of benzene rings is 1. The highest BCUT2D eigenvalue weighted by Crippen LogP contribution is 2.41. The molecule has 5 aliphatic rings. The minimum Gasteiger partial charge on any atom is -0.333 e. The van der Waals surface area contributed by atoms with Crippen LogP contribution in [0.5, 0.6) is 0 Å². The van der Waals surface area contributed by atoms with Crippen molar-refractivity contribution >= 4 is 5.91 Å². The molecule has 1 aromatic rings. The lowest BCUT2D eigenvalue weighted by Gasteiger charge is -2.51. The molecule has 1 aliphatic carbocycles. The average Bonchev–Trinajstić information content (AvgIpc) is 2.67. The monoisotopic (exact) mass is 326 g/mol. The van der Waals surface area contributed by atoms with Crippen LogP contribution in [-0.2, 0) is 6.42 Å². The van der Waals surface area contributed by atoms with E-state index in [2.05, 4.69) is 28.0 Å². The lowest BCUT2D eigenvalue weighted by atomic mass is 9.75. The van der Waals surface area contributed by atoms with E-state index in [-0.39, 0.29) is 0 Å². The maximum atomic E-state index is 13.1. The van der Waals surface area contributed by atoms with E-state index >= 15 is 0 Å². The number of nitrogens with zero attached hydrogens (tertiary/aromatic N) is 2. The summed E-state index contributed by atoms with van der Waals surface area (Å²) in [6.45, 7) is 8.57. The zero-order valence-corrected chi connectivity index (χ0v) is 15.1. The summed E-state index contributed by atoms with van der Waals surface area (Å²) in [5, 5.41) is 0. The summed E-state index contributed by atoms with van der Waals surface area (Å²) in [4.78, 5) is 18.0. The predicted octanol–water partition coefficient (Wildman–Crippen LogP) is 3.68. The molecule has 3 saturated heterocycles. The number of hydrogen-bond acceptors (Lipinski definition) is 2. The van der Waals surface area contributed by atoms with Gasteiger partial charge < -0.3 is 9.80 Å². The van der Waals surface area contributed by atoms with Gasteiger partial charge in [0.1, 0.15) is 0 Å². The van der Waals surface area contributed by atoms with Crippen LogP contribution in [0.2, 0.25) is 0 Å². The number of piperidine rings is 3. The molecule has 0 saturated carbocycles. The predicted molar refractivity (Wildman–Crippen MR) is 97.5 cm³/mol. The molecule has 2 atom stereocenters. The molecule has 4 aliphatic heterocycles. The first-order chi connectivity index (χ1) is 11.8. The number of aryl methyl sites for hydroxylation is 1. The summed E-state index contributed by atoms with van der Waals surface area (Å²) in [7, 11) is 0. The van der Waals surface area contributed by atoms with E-state index < -0.39 is 0 Å². The molecular formula is C21H30N2O. The van der Waals surface area contributed by atoms with Crippen LogP contribution >= 0.6 is 0 Å². The summed E-state index contributed by atoms with van der Waals surface area (Å²) in [5.41, 5.74) is 3.86. The quantitative estimate of drug-likeness (QED) is 0.786. The number of rotatable bonds is 1. The normalized spacial score (nSPS) is 33.6. The van der Waals surface area contributed by atoms with Gasteiger partial charge in [0.25, 0.3) is 5.91 Å². The summed E-state index contributed by atoms with van der Waals surface area (Å²) in [6, 6.07) is 6.87. The molecule has 130 valence electrons. The van der Waals surface area contributed by atoms with E-state index in [0.29, 0.717) is 17.9 Å². The van der Waals surface area contributed by atoms with Crippen LogP contribution < -0.4 is 0 Å². The van der Waals surface area contributed by atoms with Crippen molar-refractivity contribution in [1.82, 2.24) is 9.80 Å². The van der Waals surface area contributed by atoms with Gasteiger partial charge in [0.2, 0.25) is 0 Å². The topological polar surface area (TPSA) is 23.6 Å². The van der Waals surface area contributed by atoms with Crippen LogP contribution in [0.15, 0.2) is 18.2 Å². The molecule has 0 aromatic heterocycles. The van der Waals surface area contributed by atoms with Crippen molar-refractivity contribution in [3.63, 3.8) is 0 Å². The first-order valence-corrected chi connectivity index (χ1v) is 9.96. The van der Waals surface area contributed by atoms with Gasteiger partial charge in [-0.2, -0.15) is 0 Å². The molecule has 2 bridgehead atoms. The van der Waals surface area contributed by atoms with Crippen molar-refractivity contribution < 1.29 is 4.79 Å². The SMILES string of the molecule is CC.O=C1c2cccc3c2C(CCC3)CN1[C@@H]1CN2CCC1CC2. The second-order valence-corrected chi connectivity index (χ2v) is 7.63. The average molecular weight is 326 g/mol. The fourth-order valence-corrected chi connectivity index (χ4v) is 5.41. The maximum Gasteiger partial charge on any atom is 0.254 e. The van der Waals surface area contributed by atoms with Crippen molar-refractivity contribution in [3.8, 4) is 0 Å². The van der Waals surface area contributed by atoms with Crippen molar-refractivity contribution in [2.24, 2.45) is 5.92 Å². The van der Waals surface area contributed by atoms with Crippen LogP contribution in [0.4, 0.5) is 0 Å². The van der Waals surface area contributed by atoms with Crippen molar-refractivity contribution in [3.05, 3.63) is 34.9 Å². The summed E-state index contributed by atoms with van der Waals surface area (Å²) in [5.74, 6) is 1.64. The van der Waals surface area contributed by atoms with E-state index in [1.807, 2.05) is 13.8 Å². The van der Waals surface area contributed by atoms with E-state index in [0.717, 1.165) is 31.0 Å². The Hall–Kier alpha value is -1.35. The Morgan fingerprint density at radius 1 is 1.04 bits per heavy atom. The van der Waals surface area contributed by atoms with Gasteiger partial charge in [-0.25, -0.2) is 0 Å². The van der Waals surface area contributed by atoms with Crippen molar-refractivity contribution in [2.75, 3.05) is 26.2 Å². The second-order valence-electron chi connectivity index (χ2n) is 7.63. The minimum atomic E-state index is 0.314. The first kappa shape index (κ1) is 16.1. The maximum absolute atomic E-state index is 13.1. The number of hydrogen-bond donors (Lipinski definition) is 0. The molecule has 3 nitrogen and oxygen atoms in total. The number of carbonyl (C=O) groups excluding carboxylic acids is 1. The van der Waals surface area contributed by atoms with Crippen LogP contribution in [-0.4, -0.2) is 47.9 Å². The molecule has 3 heteroatoms. The van der Waals surface area contributed by atoms with Crippen LogP contribution in [0.1, 0.15) is 66.9 Å². The zero-order chi connectivity index (χ0) is 16.7. The molecule has 1 aromatic carbocycles. The van der Waals surface area contributed by atoms with Crippen molar-refractivity contribution in [1.29, 1.82) is 0 Å². The van der Waals surface area contributed by atoms with Crippen molar-refractivity contribution in [2.45, 2.75) is 57.9 Å². The third kappa shape index (κ3) is 2.48. The molecule has 24 heavy (non-hydrogen) atoms. The van der Waals surface area contributed by atoms with E-state index in [1.54, 1.807) is 0 Å². The third-order valence-electron chi connectivity index (χ3n) is 6.53. The highest BCUT2D eigenvalue weighted by molar-refractivity contribution is 5.98. The Morgan fingerprint density at radius 3 is 2.54 bits per heavy atom. The Kier molecular flexibility index (Phi) is 4.38. The molecule has 1 amide bonds. The van der Waals surface area contributed by atoms with Gasteiger partial charge in [-0.15, -0.1) is 0 Å². The zero-order valence-electron chi connectivity index (χ0n) is 15.1. The fourth-order valence-electron chi connectivity index (χ4n) is 5.41. The lowest BCUT2D eigenvalue weighted by Crippen LogP contribution is -2.60. The van der Waals surface area contributed by atoms with Gasteiger partial charge in [0, 0.05) is 30.6 Å². The van der Waals surface area contributed by atoms with Crippen LogP contribution in [0.3, 0.4) is 0 Å². The first-order valence-electron chi connectivity index (χ1n) is 9.96. The highest BCUT2D eigenvalue weighted by atomic mass is 16.2. The largest absolute Gasteiger partial charge is 0.333 e. The van der Waals surface area contributed by atoms with Gasteiger partial charge in [-0.3, -0.25) is 4.79 Å². The lowest BCUT2D eigenvalue weighted by molar-refractivity contribution is 0.00258. The Balaban J connectivity index is 0.000000704. The van der Waals surface area contributed by atoms with Gasteiger partial charge in [-0.1, -0.05) is 26.0 Å². The number of amides is 1. The third-order valence-corrected chi connectivity index (χ3v) is 6.53. The highest BCUT2D eigenvalue weighted by Gasteiger charge is 2.43. The Morgan fingerprint density at radius 2 is 1.83 bits per heavy atom. The standard InChI is InChI=1S/C19H24N2O.C2H6/c22-19-16-6-2-4-14-3-1-5-15(18(14)16)11-21(19)17-12-20-9-7-13(17)8-10-20;1-2/h2,4,6,13,15,17H,1,3,5,7-12H2;1-2H3/t15?,17-;/m1./s1. The van der Waals surface area contributed by atoms with Crippen LogP contribution in [0, 0.1) is 5.92 Å². The summed E-state index contributed by atoms with van der Waals surface area (Å²) >= 11 is 0. The van der Waals surface area contributed by atoms with Gasteiger partial charge >= 0.3 is 0 Å². The molecule has 0 radical (unpaired) electrons. The molecule has 3 fully saturated rings. The molecule has 0 spiro atoms.